The van der Waals surface area contributed by atoms with Crippen molar-refractivity contribution in [3.05, 3.63) is 24.3 Å². The topological polar surface area (TPSA) is 114 Å². The highest BCUT2D eigenvalue weighted by atomic mass is 32.2. The predicted octanol–water partition coefficient (Wildman–Crippen LogP) is -0.444. The van der Waals surface area contributed by atoms with Gasteiger partial charge < -0.3 is 0 Å². The van der Waals surface area contributed by atoms with Crippen LogP contribution in [0.3, 0.4) is 0 Å². The fourth-order valence-electron chi connectivity index (χ4n) is 2.05. The number of benzene rings is 1. The van der Waals surface area contributed by atoms with Crippen LogP contribution >= 0.6 is 0 Å². The fraction of sp³-hybridized carbons (Fsp3) is 0.455. The molecular weight excluding hydrogens is 338 g/mol. The summed E-state index contributed by atoms with van der Waals surface area (Å²) in [7, 11) is -10.7. The van der Waals surface area contributed by atoms with E-state index in [-0.39, 0.29) is 27.7 Å². The van der Waals surface area contributed by atoms with E-state index in [1.54, 1.807) is 0 Å². The number of sulfone groups is 2. The molecule has 1 N–H and O–H groups in total. The summed E-state index contributed by atoms with van der Waals surface area (Å²) in [5.41, 5.74) is 0. The smallest absolute Gasteiger partial charge is 0.229 e. The Kier molecular flexibility index (Phi) is 4.17. The van der Waals surface area contributed by atoms with Crippen molar-refractivity contribution in [2.75, 3.05) is 17.8 Å². The van der Waals surface area contributed by atoms with E-state index in [4.69, 9.17) is 0 Å². The summed E-state index contributed by atoms with van der Waals surface area (Å²) in [4.78, 5) is -0.306. The van der Waals surface area contributed by atoms with Crippen LogP contribution in [-0.4, -0.2) is 49.1 Å². The molecule has 10 heteroatoms. The molecule has 0 aromatic heterocycles. The van der Waals surface area contributed by atoms with E-state index in [2.05, 4.69) is 4.72 Å². The largest absolute Gasteiger partial charge is 0.240 e. The van der Waals surface area contributed by atoms with Crippen LogP contribution in [-0.2, 0) is 29.7 Å². The van der Waals surface area contributed by atoms with Crippen LogP contribution in [0, 0.1) is 0 Å². The van der Waals surface area contributed by atoms with Crippen molar-refractivity contribution in [1.29, 1.82) is 0 Å². The van der Waals surface area contributed by atoms with Crippen LogP contribution < -0.4 is 4.72 Å². The first-order valence-electron chi connectivity index (χ1n) is 6.02. The minimum atomic E-state index is -3.96. The molecule has 2 rings (SSSR count). The van der Waals surface area contributed by atoms with E-state index in [1.165, 1.54) is 18.2 Å². The molecule has 1 aliphatic heterocycles. The highest BCUT2D eigenvalue weighted by Crippen LogP contribution is 2.18. The zero-order valence-corrected chi connectivity index (χ0v) is 13.6. The molecular formula is C11H15NO6S3. The molecule has 0 saturated carbocycles. The van der Waals surface area contributed by atoms with Gasteiger partial charge in [-0.25, -0.2) is 30.0 Å². The molecule has 1 aliphatic rings. The summed E-state index contributed by atoms with van der Waals surface area (Å²) in [5.74, 6) is -0.290. The summed E-state index contributed by atoms with van der Waals surface area (Å²) in [6.07, 6.45) is 1.20. The summed E-state index contributed by atoms with van der Waals surface area (Å²) >= 11 is 0. The highest BCUT2D eigenvalue weighted by Gasteiger charge is 2.31. The van der Waals surface area contributed by atoms with Crippen LogP contribution in [0.2, 0.25) is 0 Å². The van der Waals surface area contributed by atoms with Crippen molar-refractivity contribution >= 4 is 29.7 Å². The molecule has 1 fully saturated rings. The first kappa shape index (κ1) is 16.4. The molecule has 1 heterocycles. The minimum Gasteiger partial charge on any atom is -0.229 e. The molecule has 1 aromatic rings. The van der Waals surface area contributed by atoms with Crippen LogP contribution in [0.15, 0.2) is 34.1 Å². The Bertz CT molecular complexity index is 855. The molecule has 1 unspecified atom stereocenters. The lowest BCUT2D eigenvalue weighted by Gasteiger charge is -2.12. The molecule has 0 spiro atoms. The van der Waals surface area contributed by atoms with Crippen LogP contribution in [0.25, 0.3) is 0 Å². The average Bonchev–Trinajstić information content (AvgIpc) is 2.67. The standard InChI is InChI=1S/C11H15NO6S3/c1-19(13,14)10-3-2-4-11(7-10)21(17,18)12-9-5-6-20(15,16)8-9/h2-4,7,9,12H,5-6,8H2,1H3. The first-order valence-corrected chi connectivity index (χ1v) is 11.2. The van der Waals surface area contributed by atoms with Crippen LogP contribution in [0.5, 0.6) is 0 Å². The lowest BCUT2D eigenvalue weighted by atomic mass is 10.3. The van der Waals surface area contributed by atoms with Gasteiger partial charge in [0.1, 0.15) is 0 Å². The minimum absolute atomic E-state index is 0.0520. The molecule has 1 saturated heterocycles. The van der Waals surface area contributed by atoms with Gasteiger partial charge in [0, 0.05) is 12.3 Å². The molecule has 0 bridgehead atoms. The van der Waals surface area contributed by atoms with Crippen molar-refractivity contribution in [3.63, 3.8) is 0 Å². The van der Waals surface area contributed by atoms with Gasteiger partial charge in [0.05, 0.1) is 21.3 Å². The van der Waals surface area contributed by atoms with Gasteiger partial charge in [0.25, 0.3) is 0 Å². The van der Waals surface area contributed by atoms with Crippen molar-refractivity contribution < 1.29 is 25.3 Å². The van der Waals surface area contributed by atoms with E-state index in [0.717, 1.165) is 12.3 Å². The summed E-state index contributed by atoms with van der Waals surface area (Å²) in [5, 5.41) is 0. The highest BCUT2D eigenvalue weighted by molar-refractivity contribution is 7.92. The third kappa shape index (κ3) is 4.02. The number of sulfonamides is 1. The number of hydrogen-bond acceptors (Lipinski definition) is 6. The van der Waals surface area contributed by atoms with Gasteiger partial charge in [-0.1, -0.05) is 6.07 Å². The normalized spacial score (nSPS) is 22.2. The second kappa shape index (κ2) is 5.34. The van der Waals surface area contributed by atoms with Gasteiger partial charge in [0.15, 0.2) is 19.7 Å². The van der Waals surface area contributed by atoms with Gasteiger partial charge in [-0.15, -0.1) is 0 Å². The Morgan fingerprint density at radius 2 is 1.76 bits per heavy atom. The lowest BCUT2D eigenvalue weighted by molar-refractivity contribution is 0.562. The zero-order valence-electron chi connectivity index (χ0n) is 11.2. The van der Waals surface area contributed by atoms with E-state index >= 15 is 0 Å². The Morgan fingerprint density at radius 3 is 2.29 bits per heavy atom. The Hall–Kier alpha value is -0.970. The van der Waals surface area contributed by atoms with Gasteiger partial charge in [0.2, 0.25) is 10.0 Å². The maximum atomic E-state index is 12.2. The second-order valence-electron chi connectivity index (χ2n) is 4.97. The molecule has 118 valence electrons. The molecule has 7 nitrogen and oxygen atoms in total. The number of hydrogen-bond donors (Lipinski definition) is 1. The van der Waals surface area contributed by atoms with Crippen molar-refractivity contribution in [2.24, 2.45) is 0 Å². The Morgan fingerprint density at radius 1 is 1.14 bits per heavy atom. The third-order valence-corrected chi connectivity index (χ3v) is 7.49. The van der Waals surface area contributed by atoms with Crippen molar-refractivity contribution in [2.45, 2.75) is 22.3 Å². The van der Waals surface area contributed by atoms with Crippen LogP contribution in [0.4, 0.5) is 0 Å². The van der Waals surface area contributed by atoms with E-state index in [1.807, 2.05) is 0 Å². The average molecular weight is 353 g/mol. The lowest BCUT2D eigenvalue weighted by Crippen LogP contribution is -2.35. The number of nitrogens with one attached hydrogen (secondary N) is 1. The SMILES string of the molecule is CS(=O)(=O)c1cccc(S(=O)(=O)NC2CCS(=O)(=O)C2)c1. The van der Waals surface area contributed by atoms with Gasteiger partial charge >= 0.3 is 0 Å². The quantitative estimate of drug-likeness (QED) is 0.784. The Labute approximate surface area is 124 Å². The Balaban J connectivity index is 2.29. The summed E-state index contributed by atoms with van der Waals surface area (Å²) in [6, 6.07) is 4.27. The summed E-state index contributed by atoms with van der Waals surface area (Å²) in [6.45, 7) is 0. The number of rotatable bonds is 4. The third-order valence-electron chi connectivity index (χ3n) is 3.10. The van der Waals surface area contributed by atoms with Gasteiger partial charge in [-0.3, -0.25) is 0 Å². The van der Waals surface area contributed by atoms with E-state index in [9.17, 15) is 25.3 Å². The first-order chi connectivity index (χ1) is 9.50. The molecule has 1 atom stereocenters. The van der Waals surface area contributed by atoms with Crippen molar-refractivity contribution in [1.82, 2.24) is 4.72 Å². The molecule has 1 aromatic carbocycles. The zero-order chi connectivity index (χ0) is 15.9. The molecule has 21 heavy (non-hydrogen) atoms. The maximum Gasteiger partial charge on any atom is 0.240 e. The fourth-order valence-corrected chi connectivity index (χ4v) is 5.88. The second-order valence-corrected chi connectivity index (χ2v) is 10.9. The molecule has 0 amide bonds. The van der Waals surface area contributed by atoms with Gasteiger partial charge in [-0.2, -0.15) is 0 Å². The predicted molar refractivity (Wildman–Crippen MR) is 76.9 cm³/mol. The van der Waals surface area contributed by atoms with Crippen LogP contribution in [0.1, 0.15) is 6.42 Å². The molecule has 0 aliphatic carbocycles. The monoisotopic (exact) mass is 353 g/mol. The summed E-state index contributed by atoms with van der Waals surface area (Å²) < 4.78 is 72.2. The molecule has 0 radical (unpaired) electrons. The van der Waals surface area contributed by atoms with Gasteiger partial charge in [-0.05, 0) is 24.6 Å². The maximum absolute atomic E-state index is 12.2. The van der Waals surface area contributed by atoms with E-state index < -0.39 is 35.7 Å². The van der Waals surface area contributed by atoms with E-state index in [0.29, 0.717) is 0 Å². The van der Waals surface area contributed by atoms with Crippen molar-refractivity contribution in [3.8, 4) is 0 Å².